The predicted octanol–water partition coefficient (Wildman–Crippen LogP) is 3.99. The van der Waals surface area contributed by atoms with Crippen molar-refractivity contribution in [2.24, 2.45) is 5.92 Å². The molecule has 180 valence electrons. The molecule has 0 bridgehead atoms. The zero-order valence-corrected chi connectivity index (χ0v) is 20.5. The van der Waals surface area contributed by atoms with Crippen LogP contribution in [0.5, 0.6) is 0 Å². The van der Waals surface area contributed by atoms with Gasteiger partial charge in [0.05, 0.1) is 0 Å². The zero-order valence-electron chi connectivity index (χ0n) is 19.6. The number of nitrogens with zero attached hydrogens (tertiary/aromatic N) is 3. The minimum atomic E-state index is -1.17. The molecule has 2 saturated heterocycles. The molecule has 0 unspecified atom stereocenters. The summed E-state index contributed by atoms with van der Waals surface area (Å²) in [6, 6.07) is 14.9. The smallest absolute Gasteiger partial charge is 0.325 e. The van der Waals surface area contributed by atoms with Gasteiger partial charge >= 0.3 is 6.03 Å². The van der Waals surface area contributed by atoms with Crippen molar-refractivity contribution >= 4 is 29.2 Å². The normalized spacial score (nSPS) is 20.8. The number of nitrogens with one attached hydrogen (secondary N) is 1. The van der Waals surface area contributed by atoms with Crippen molar-refractivity contribution in [2.75, 3.05) is 19.6 Å². The fourth-order valence-corrected chi connectivity index (χ4v) is 5.87. The van der Waals surface area contributed by atoms with Gasteiger partial charge in [-0.1, -0.05) is 29.8 Å². The molecule has 3 aromatic rings. The number of imide groups is 1. The highest BCUT2D eigenvalue weighted by molar-refractivity contribution is 7.09. The van der Waals surface area contributed by atoms with Crippen LogP contribution in [0.4, 0.5) is 4.79 Å². The van der Waals surface area contributed by atoms with Crippen LogP contribution in [0.2, 0.25) is 0 Å². The molecule has 8 heteroatoms. The Kier molecular flexibility index (Phi) is 6.38. The molecule has 1 atom stereocenters. The maximum Gasteiger partial charge on any atom is 0.325 e. The molecule has 5 rings (SSSR count). The largest absolute Gasteiger partial charge is 0.339 e. The number of likely N-dealkylation sites (tertiary alicyclic amines) is 1. The number of urea groups is 1. The Morgan fingerprint density at radius 1 is 1.11 bits per heavy atom. The van der Waals surface area contributed by atoms with E-state index in [1.165, 1.54) is 4.90 Å². The number of aromatic nitrogens is 1. The second kappa shape index (κ2) is 9.62. The average Bonchev–Trinajstić information content (AvgIpc) is 3.50. The molecule has 0 spiro atoms. The number of hydrogen-bond donors (Lipinski definition) is 1. The summed E-state index contributed by atoms with van der Waals surface area (Å²) in [6.07, 6.45) is 5.18. The molecule has 2 aliphatic rings. The standard InChI is InChI=1S/C27H28N4O3S/c1-19-6-8-20(9-7-19)24(32)30-14-10-21(11-15-30)27(22-4-2-13-28-18-22)25(33)31(26(34)29-27)16-12-23-5-3-17-35-23/h2-9,13,17-18,21H,10-12,14-16H2,1H3,(H,29,34)/t27-/m1/s1. The summed E-state index contributed by atoms with van der Waals surface area (Å²) in [6.45, 7) is 3.38. The van der Waals surface area contributed by atoms with Crippen molar-refractivity contribution in [1.29, 1.82) is 0 Å². The molecule has 4 heterocycles. The molecule has 0 saturated carbocycles. The number of carbonyl (C=O) groups excluding carboxylic acids is 3. The summed E-state index contributed by atoms with van der Waals surface area (Å²) in [5.74, 6) is -0.370. The van der Waals surface area contributed by atoms with Gasteiger partial charge in [0.2, 0.25) is 0 Å². The van der Waals surface area contributed by atoms with Gasteiger partial charge in [0.1, 0.15) is 0 Å². The van der Waals surface area contributed by atoms with E-state index >= 15 is 0 Å². The Hall–Kier alpha value is -3.52. The highest BCUT2D eigenvalue weighted by Gasteiger charge is 2.57. The lowest BCUT2D eigenvalue weighted by atomic mass is 9.73. The fourth-order valence-electron chi connectivity index (χ4n) is 5.17. The van der Waals surface area contributed by atoms with Crippen molar-refractivity contribution in [3.05, 3.63) is 87.9 Å². The van der Waals surface area contributed by atoms with Crippen LogP contribution in [0, 0.1) is 12.8 Å². The number of benzene rings is 1. The van der Waals surface area contributed by atoms with Crippen LogP contribution in [0.15, 0.2) is 66.3 Å². The van der Waals surface area contributed by atoms with Gasteiger partial charge in [-0.15, -0.1) is 11.3 Å². The van der Waals surface area contributed by atoms with Crippen LogP contribution in [0.1, 0.15) is 39.2 Å². The summed E-state index contributed by atoms with van der Waals surface area (Å²) in [5.41, 5.74) is 1.30. The Labute approximate surface area is 208 Å². The number of piperidine rings is 1. The minimum Gasteiger partial charge on any atom is -0.339 e. The topological polar surface area (TPSA) is 82.6 Å². The number of amides is 4. The SMILES string of the molecule is Cc1ccc(C(=O)N2CCC([C@]3(c4cccnc4)NC(=O)N(CCc4cccs4)C3=O)CC2)cc1. The predicted molar refractivity (Wildman–Crippen MR) is 134 cm³/mol. The Morgan fingerprint density at radius 2 is 1.89 bits per heavy atom. The first-order chi connectivity index (χ1) is 17.0. The van der Waals surface area contributed by atoms with Crippen LogP contribution in [-0.4, -0.2) is 52.3 Å². The van der Waals surface area contributed by atoms with Gasteiger partial charge in [0.25, 0.3) is 11.8 Å². The van der Waals surface area contributed by atoms with Gasteiger partial charge in [0, 0.05) is 48.0 Å². The van der Waals surface area contributed by atoms with Crippen LogP contribution in [0.25, 0.3) is 0 Å². The molecular weight excluding hydrogens is 460 g/mol. The minimum absolute atomic E-state index is 0.00163. The van der Waals surface area contributed by atoms with Crippen LogP contribution < -0.4 is 5.32 Å². The number of aryl methyl sites for hydroxylation is 1. The highest BCUT2D eigenvalue weighted by Crippen LogP contribution is 2.41. The molecule has 0 radical (unpaired) electrons. The summed E-state index contributed by atoms with van der Waals surface area (Å²) in [5, 5.41) is 5.06. The number of carbonyl (C=O) groups is 3. The monoisotopic (exact) mass is 488 g/mol. The molecule has 7 nitrogen and oxygen atoms in total. The third kappa shape index (κ3) is 4.34. The molecule has 4 amide bonds. The van der Waals surface area contributed by atoms with Gasteiger partial charge < -0.3 is 10.2 Å². The van der Waals surface area contributed by atoms with Crippen molar-refractivity contribution < 1.29 is 14.4 Å². The van der Waals surface area contributed by atoms with E-state index in [0.29, 0.717) is 50.0 Å². The first-order valence-electron chi connectivity index (χ1n) is 11.9. The highest BCUT2D eigenvalue weighted by atomic mass is 32.1. The molecule has 2 fully saturated rings. The summed E-state index contributed by atoms with van der Waals surface area (Å²) in [7, 11) is 0. The van der Waals surface area contributed by atoms with E-state index in [1.54, 1.807) is 29.8 Å². The van der Waals surface area contributed by atoms with E-state index in [2.05, 4.69) is 10.3 Å². The van der Waals surface area contributed by atoms with E-state index in [-0.39, 0.29) is 23.8 Å². The number of thiophene rings is 1. The second-order valence-corrected chi connectivity index (χ2v) is 10.2. The Balaban J connectivity index is 1.36. The van der Waals surface area contributed by atoms with Crippen molar-refractivity contribution in [2.45, 2.75) is 31.7 Å². The van der Waals surface area contributed by atoms with Crippen molar-refractivity contribution in [3.8, 4) is 0 Å². The Bertz CT molecular complexity index is 1200. The van der Waals surface area contributed by atoms with E-state index in [0.717, 1.165) is 10.4 Å². The lowest BCUT2D eigenvalue weighted by Crippen LogP contribution is -2.54. The molecule has 1 N–H and O–H groups in total. The third-order valence-corrected chi connectivity index (χ3v) is 8.04. The lowest BCUT2D eigenvalue weighted by molar-refractivity contribution is -0.134. The Morgan fingerprint density at radius 3 is 2.54 bits per heavy atom. The number of rotatable bonds is 6. The first-order valence-corrected chi connectivity index (χ1v) is 12.8. The van der Waals surface area contributed by atoms with E-state index in [4.69, 9.17) is 0 Å². The average molecular weight is 489 g/mol. The van der Waals surface area contributed by atoms with E-state index < -0.39 is 5.54 Å². The van der Waals surface area contributed by atoms with Crippen molar-refractivity contribution in [3.63, 3.8) is 0 Å². The quantitative estimate of drug-likeness (QED) is 0.532. The summed E-state index contributed by atoms with van der Waals surface area (Å²) < 4.78 is 0. The zero-order chi connectivity index (χ0) is 24.4. The first kappa shape index (κ1) is 23.2. The van der Waals surface area contributed by atoms with Gasteiger partial charge in [0.15, 0.2) is 5.54 Å². The molecule has 2 aliphatic heterocycles. The maximum absolute atomic E-state index is 13.9. The molecular formula is C27H28N4O3S. The number of hydrogen-bond acceptors (Lipinski definition) is 5. The maximum atomic E-state index is 13.9. The van der Waals surface area contributed by atoms with Gasteiger partial charge in [-0.05, 0) is 61.7 Å². The van der Waals surface area contributed by atoms with Crippen molar-refractivity contribution in [1.82, 2.24) is 20.1 Å². The lowest BCUT2D eigenvalue weighted by Gasteiger charge is -2.41. The summed E-state index contributed by atoms with van der Waals surface area (Å²) >= 11 is 1.62. The van der Waals surface area contributed by atoms with Gasteiger partial charge in [-0.2, -0.15) is 0 Å². The van der Waals surface area contributed by atoms with Gasteiger partial charge in [-0.3, -0.25) is 19.5 Å². The van der Waals surface area contributed by atoms with Crippen LogP contribution in [-0.2, 0) is 16.8 Å². The second-order valence-electron chi connectivity index (χ2n) is 9.20. The number of pyridine rings is 1. The molecule has 2 aromatic heterocycles. The van der Waals surface area contributed by atoms with Crippen LogP contribution >= 0.6 is 11.3 Å². The fraction of sp³-hybridized carbons (Fsp3) is 0.333. The third-order valence-electron chi connectivity index (χ3n) is 7.10. The van der Waals surface area contributed by atoms with Gasteiger partial charge in [-0.25, -0.2) is 4.79 Å². The molecule has 0 aliphatic carbocycles. The van der Waals surface area contributed by atoms with E-state index in [1.807, 2.05) is 59.7 Å². The molecule has 35 heavy (non-hydrogen) atoms. The van der Waals surface area contributed by atoms with Crippen LogP contribution in [0.3, 0.4) is 0 Å². The molecule has 1 aromatic carbocycles. The van der Waals surface area contributed by atoms with E-state index in [9.17, 15) is 14.4 Å². The summed E-state index contributed by atoms with van der Waals surface area (Å²) in [4.78, 5) is 48.6.